The van der Waals surface area contributed by atoms with Crippen molar-refractivity contribution in [1.29, 1.82) is 0 Å². The highest BCUT2D eigenvalue weighted by atomic mass is 127. The zero-order valence-corrected chi connectivity index (χ0v) is 19.8. The highest BCUT2D eigenvalue weighted by molar-refractivity contribution is 14.1. The smallest absolute Gasteiger partial charge is 0.160 e. The normalized spacial score (nSPS) is 15.9. The maximum atomic E-state index is 10.2. The standard InChI is InChI=1S/C24H39IO2/c1-4-23(2,3)13-9-6-8-12-20-17-19(18-21(26)22(20)27)11-7-5-10-14-24(25)15-16-24/h17-18,26-27H,4-16H2,1-3H3. The molecule has 1 aliphatic rings. The Labute approximate surface area is 180 Å². The zero-order valence-electron chi connectivity index (χ0n) is 17.6. The largest absolute Gasteiger partial charge is 0.504 e. The quantitative estimate of drug-likeness (QED) is 0.130. The summed E-state index contributed by atoms with van der Waals surface area (Å²) in [5.41, 5.74) is 2.53. The second-order valence-electron chi connectivity index (χ2n) is 9.41. The minimum Gasteiger partial charge on any atom is -0.504 e. The highest BCUT2D eigenvalue weighted by Crippen LogP contribution is 2.49. The van der Waals surface area contributed by atoms with Gasteiger partial charge in [0.1, 0.15) is 0 Å². The van der Waals surface area contributed by atoms with Gasteiger partial charge in [0.2, 0.25) is 0 Å². The third-order valence-corrected chi connectivity index (χ3v) is 7.99. The third-order valence-electron chi connectivity index (χ3n) is 6.37. The van der Waals surface area contributed by atoms with E-state index in [1.165, 1.54) is 69.8 Å². The molecule has 0 spiro atoms. The molecule has 0 bridgehead atoms. The van der Waals surface area contributed by atoms with E-state index in [4.69, 9.17) is 0 Å². The number of rotatable bonds is 13. The van der Waals surface area contributed by atoms with Crippen molar-refractivity contribution >= 4 is 22.6 Å². The number of unbranched alkanes of at least 4 members (excludes halogenated alkanes) is 4. The van der Waals surface area contributed by atoms with Crippen molar-refractivity contribution in [2.24, 2.45) is 5.41 Å². The monoisotopic (exact) mass is 486 g/mol. The van der Waals surface area contributed by atoms with Gasteiger partial charge in [-0.05, 0) is 74.0 Å². The fourth-order valence-corrected chi connectivity index (χ4v) is 4.33. The Morgan fingerprint density at radius 3 is 2.30 bits per heavy atom. The molecule has 0 aromatic heterocycles. The second kappa shape index (κ2) is 10.4. The van der Waals surface area contributed by atoms with E-state index < -0.39 is 0 Å². The summed E-state index contributed by atoms with van der Waals surface area (Å²) in [7, 11) is 0. The number of hydrogen-bond acceptors (Lipinski definition) is 2. The molecular formula is C24H39IO2. The SMILES string of the molecule is CCC(C)(C)CCCCCc1cc(CCCCCC2(I)CC2)cc(O)c1O. The molecular weight excluding hydrogens is 447 g/mol. The lowest BCUT2D eigenvalue weighted by Gasteiger charge is -2.22. The molecule has 0 atom stereocenters. The number of phenolic OH excluding ortho intramolecular Hbond substituents is 2. The second-order valence-corrected chi connectivity index (χ2v) is 11.7. The molecule has 154 valence electrons. The Morgan fingerprint density at radius 1 is 0.963 bits per heavy atom. The van der Waals surface area contributed by atoms with Crippen LogP contribution >= 0.6 is 22.6 Å². The lowest BCUT2D eigenvalue weighted by Crippen LogP contribution is -2.08. The van der Waals surface area contributed by atoms with E-state index in [-0.39, 0.29) is 11.5 Å². The first-order chi connectivity index (χ1) is 12.7. The molecule has 0 saturated heterocycles. The van der Waals surface area contributed by atoms with Crippen molar-refractivity contribution in [1.82, 2.24) is 0 Å². The fraction of sp³-hybridized carbons (Fsp3) is 0.750. The number of aromatic hydroxyl groups is 2. The first kappa shape index (κ1) is 22.8. The number of benzene rings is 1. The van der Waals surface area contributed by atoms with Gasteiger partial charge in [-0.2, -0.15) is 0 Å². The molecule has 1 saturated carbocycles. The van der Waals surface area contributed by atoms with Crippen LogP contribution < -0.4 is 0 Å². The molecule has 1 aromatic rings. The minimum absolute atomic E-state index is 0.0545. The van der Waals surface area contributed by atoms with E-state index >= 15 is 0 Å². The molecule has 1 aliphatic carbocycles. The highest BCUT2D eigenvalue weighted by Gasteiger charge is 2.38. The van der Waals surface area contributed by atoms with E-state index in [2.05, 4.69) is 49.4 Å². The number of alkyl halides is 1. The van der Waals surface area contributed by atoms with Gasteiger partial charge in [0, 0.05) is 3.42 Å². The summed E-state index contributed by atoms with van der Waals surface area (Å²) in [6.07, 6.45) is 15.8. The van der Waals surface area contributed by atoms with Crippen LogP contribution in [0.4, 0.5) is 0 Å². The van der Waals surface area contributed by atoms with Crippen LogP contribution in [0.15, 0.2) is 12.1 Å². The van der Waals surface area contributed by atoms with E-state index in [0.717, 1.165) is 24.8 Å². The van der Waals surface area contributed by atoms with Gasteiger partial charge in [-0.1, -0.05) is 81.5 Å². The van der Waals surface area contributed by atoms with E-state index in [1.807, 2.05) is 0 Å². The third kappa shape index (κ3) is 8.21. The molecule has 0 amide bonds. The average Bonchev–Trinajstić information content (AvgIpc) is 3.35. The molecule has 2 N–H and O–H groups in total. The molecule has 1 fully saturated rings. The predicted molar refractivity (Wildman–Crippen MR) is 124 cm³/mol. The van der Waals surface area contributed by atoms with E-state index in [9.17, 15) is 10.2 Å². The Kier molecular flexibility index (Phi) is 8.76. The molecule has 0 aliphatic heterocycles. The molecule has 0 heterocycles. The molecule has 0 radical (unpaired) electrons. The summed E-state index contributed by atoms with van der Waals surface area (Å²) in [5, 5.41) is 20.3. The number of phenols is 2. The van der Waals surface area contributed by atoms with Gasteiger partial charge >= 0.3 is 0 Å². The van der Waals surface area contributed by atoms with Crippen LogP contribution in [0, 0.1) is 5.41 Å². The van der Waals surface area contributed by atoms with E-state index in [0.29, 0.717) is 8.84 Å². The van der Waals surface area contributed by atoms with Crippen molar-refractivity contribution in [3.8, 4) is 11.5 Å². The van der Waals surface area contributed by atoms with Crippen molar-refractivity contribution in [3.63, 3.8) is 0 Å². The Balaban J connectivity index is 1.73. The number of halogens is 1. The van der Waals surface area contributed by atoms with Gasteiger partial charge in [-0.3, -0.25) is 0 Å². The maximum Gasteiger partial charge on any atom is 0.160 e. The van der Waals surface area contributed by atoms with Crippen LogP contribution in [0.1, 0.15) is 103 Å². The lowest BCUT2D eigenvalue weighted by atomic mass is 9.84. The van der Waals surface area contributed by atoms with Gasteiger partial charge in [0.25, 0.3) is 0 Å². The number of aryl methyl sites for hydroxylation is 2. The zero-order chi connectivity index (χ0) is 19.9. The van der Waals surface area contributed by atoms with Gasteiger partial charge in [-0.25, -0.2) is 0 Å². The molecule has 0 unspecified atom stereocenters. The Morgan fingerprint density at radius 2 is 1.63 bits per heavy atom. The Hall–Kier alpha value is -0.450. The van der Waals surface area contributed by atoms with Crippen molar-refractivity contribution in [3.05, 3.63) is 23.3 Å². The minimum atomic E-state index is 0.0545. The van der Waals surface area contributed by atoms with Crippen molar-refractivity contribution in [2.45, 2.75) is 108 Å². The van der Waals surface area contributed by atoms with Gasteiger partial charge in [0.15, 0.2) is 11.5 Å². The summed E-state index contributed by atoms with van der Waals surface area (Å²) in [6.45, 7) is 6.94. The molecule has 3 heteroatoms. The summed E-state index contributed by atoms with van der Waals surface area (Å²) in [4.78, 5) is 0. The molecule has 27 heavy (non-hydrogen) atoms. The van der Waals surface area contributed by atoms with Crippen LogP contribution in [0.3, 0.4) is 0 Å². The lowest BCUT2D eigenvalue weighted by molar-refractivity contribution is 0.308. The first-order valence-corrected chi connectivity index (χ1v) is 12.1. The van der Waals surface area contributed by atoms with Gasteiger partial charge in [0.05, 0.1) is 0 Å². The summed E-state index contributed by atoms with van der Waals surface area (Å²) >= 11 is 2.63. The number of hydrogen-bond donors (Lipinski definition) is 2. The van der Waals surface area contributed by atoms with Crippen LogP contribution in [0.5, 0.6) is 11.5 Å². The molecule has 1 aromatic carbocycles. The fourth-order valence-electron chi connectivity index (χ4n) is 3.68. The van der Waals surface area contributed by atoms with E-state index in [1.54, 1.807) is 6.07 Å². The average molecular weight is 486 g/mol. The topological polar surface area (TPSA) is 40.5 Å². The van der Waals surface area contributed by atoms with Crippen molar-refractivity contribution < 1.29 is 10.2 Å². The van der Waals surface area contributed by atoms with Gasteiger partial charge in [-0.15, -0.1) is 0 Å². The van der Waals surface area contributed by atoms with Gasteiger partial charge < -0.3 is 10.2 Å². The first-order valence-electron chi connectivity index (χ1n) is 11.0. The van der Waals surface area contributed by atoms with Crippen LogP contribution in [0.25, 0.3) is 0 Å². The van der Waals surface area contributed by atoms with Crippen LogP contribution in [0.2, 0.25) is 0 Å². The summed E-state index contributed by atoms with van der Waals surface area (Å²) < 4.78 is 0.633. The van der Waals surface area contributed by atoms with Crippen LogP contribution in [-0.4, -0.2) is 13.6 Å². The predicted octanol–water partition coefficient (Wildman–Crippen LogP) is 7.71. The van der Waals surface area contributed by atoms with Crippen molar-refractivity contribution in [2.75, 3.05) is 0 Å². The summed E-state index contributed by atoms with van der Waals surface area (Å²) in [6, 6.07) is 3.87. The van der Waals surface area contributed by atoms with Crippen LogP contribution in [-0.2, 0) is 12.8 Å². The maximum absolute atomic E-state index is 10.2. The molecule has 2 rings (SSSR count). The Bertz CT molecular complexity index is 590. The molecule has 2 nitrogen and oxygen atoms in total. The summed E-state index contributed by atoms with van der Waals surface area (Å²) in [5.74, 6) is 0.145.